The Morgan fingerprint density at radius 1 is 1.13 bits per heavy atom. The fourth-order valence-electron chi connectivity index (χ4n) is 1.85. The van der Waals surface area contributed by atoms with E-state index in [0.717, 1.165) is 5.56 Å². The molecule has 0 atom stereocenters. The first-order valence-corrected chi connectivity index (χ1v) is 7.92. The van der Waals surface area contributed by atoms with E-state index in [1.807, 2.05) is 31.2 Å². The maximum absolute atomic E-state index is 11.7. The highest BCUT2D eigenvalue weighted by Gasteiger charge is 2.03. The van der Waals surface area contributed by atoms with E-state index >= 15 is 0 Å². The Bertz CT molecular complexity index is 662. The van der Waals surface area contributed by atoms with Gasteiger partial charge in [0.15, 0.2) is 0 Å². The minimum Gasteiger partial charge on any atom is -0.367 e. The topological polar surface area (TPSA) is 66.1 Å². The first-order valence-electron chi connectivity index (χ1n) is 7.17. The lowest BCUT2D eigenvalue weighted by molar-refractivity contribution is 0.241. The molecule has 1 aromatic carbocycles. The van der Waals surface area contributed by atoms with Crippen LogP contribution in [0.1, 0.15) is 11.1 Å². The minimum absolute atomic E-state index is 0.220. The number of hydrogen-bond donors (Lipinski definition) is 3. The van der Waals surface area contributed by atoms with Gasteiger partial charge in [-0.1, -0.05) is 53.0 Å². The van der Waals surface area contributed by atoms with E-state index in [1.165, 1.54) is 11.8 Å². The van der Waals surface area contributed by atoms with Gasteiger partial charge in [0.05, 0.1) is 10.0 Å². The summed E-state index contributed by atoms with van der Waals surface area (Å²) in [6, 6.07) is 9.41. The Morgan fingerprint density at radius 3 is 2.57 bits per heavy atom. The lowest BCUT2D eigenvalue weighted by atomic mass is 10.1. The summed E-state index contributed by atoms with van der Waals surface area (Å²) in [5.74, 6) is 0.540. The lowest BCUT2D eigenvalue weighted by Gasteiger charge is -2.10. The zero-order chi connectivity index (χ0) is 16.7. The molecule has 0 radical (unpaired) electrons. The lowest BCUT2D eigenvalue weighted by Crippen LogP contribution is -2.37. The minimum atomic E-state index is -0.220. The summed E-state index contributed by atoms with van der Waals surface area (Å²) in [5.41, 5.74) is 2.25. The average Bonchev–Trinajstić information content (AvgIpc) is 2.52. The molecule has 0 unspecified atom stereocenters. The van der Waals surface area contributed by atoms with Crippen molar-refractivity contribution in [2.24, 2.45) is 0 Å². The summed E-state index contributed by atoms with van der Waals surface area (Å²) in [7, 11) is 0. The fraction of sp³-hybridized carbons (Fsp3) is 0.250. The van der Waals surface area contributed by atoms with Gasteiger partial charge in [0.2, 0.25) is 0 Å². The number of aromatic nitrogens is 1. The second-order valence-corrected chi connectivity index (χ2v) is 5.85. The molecule has 3 N–H and O–H groups in total. The van der Waals surface area contributed by atoms with Crippen molar-refractivity contribution >= 4 is 35.1 Å². The third kappa shape index (κ3) is 5.96. The Hall–Kier alpha value is -1.98. The number of nitrogens with zero attached hydrogens (tertiary/aromatic N) is 1. The number of carbonyl (C=O) groups is 1. The highest BCUT2D eigenvalue weighted by Crippen LogP contribution is 2.21. The summed E-state index contributed by atoms with van der Waals surface area (Å²) >= 11 is 11.8. The molecule has 0 aliphatic rings. The van der Waals surface area contributed by atoms with E-state index in [2.05, 4.69) is 20.9 Å². The highest BCUT2D eigenvalue weighted by molar-refractivity contribution is 6.35. The van der Waals surface area contributed by atoms with Crippen LogP contribution < -0.4 is 16.0 Å². The van der Waals surface area contributed by atoms with Gasteiger partial charge in [-0.25, -0.2) is 9.78 Å². The van der Waals surface area contributed by atoms with Crippen molar-refractivity contribution in [3.8, 4) is 0 Å². The van der Waals surface area contributed by atoms with E-state index in [-0.39, 0.29) is 6.03 Å². The number of carbonyl (C=O) groups excluding carboxylic acids is 1. The molecule has 0 bridgehead atoms. The van der Waals surface area contributed by atoms with Gasteiger partial charge in [0.1, 0.15) is 5.82 Å². The van der Waals surface area contributed by atoms with Crippen molar-refractivity contribution in [1.82, 2.24) is 15.6 Å². The summed E-state index contributed by atoms with van der Waals surface area (Å²) in [6.07, 6.45) is 1.51. The monoisotopic (exact) mass is 352 g/mol. The number of pyridine rings is 1. The quantitative estimate of drug-likeness (QED) is 0.695. The van der Waals surface area contributed by atoms with Gasteiger partial charge >= 0.3 is 6.03 Å². The van der Waals surface area contributed by atoms with Crippen molar-refractivity contribution in [3.05, 3.63) is 57.7 Å². The summed E-state index contributed by atoms with van der Waals surface area (Å²) in [5, 5.41) is 9.51. The Labute approximate surface area is 145 Å². The number of hydrogen-bond acceptors (Lipinski definition) is 3. The number of anilines is 1. The van der Waals surface area contributed by atoms with Crippen LogP contribution in [0.4, 0.5) is 10.6 Å². The first-order chi connectivity index (χ1) is 11.0. The normalized spacial score (nSPS) is 10.2. The molecule has 2 amide bonds. The molecule has 0 saturated heterocycles. The number of aryl methyl sites for hydroxylation is 1. The van der Waals surface area contributed by atoms with Crippen LogP contribution in [-0.4, -0.2) is 24.1 Å². The van der Waals surface area contributed by atoms with Crippen LogP contribution in [0.3, 0.4) is 0 Å². The molecular formula is C16H18Cl2N4O. The molecular weight excluding hydrogens is 335 g/mol. The molecule has 0 fully saturated rings. The third-order valence-corrected chi connectivity index (χ3v) is 3.58. The number of amides is 2. The van der Waals surface area contributed by atoms with Crippen LogP contribution in [0.2, 0.25) is 10.0 Å². The standard InChI is InChI=1S/C16H18Cl2N4O/c1-11-2-4-12(5-3-11)9-22-16(23)20-7-6-19-15-14(18)8-13(17)10-21-15/h2-5,8,10H,6-7,9H2,1H3,(H,19,21)(H2,20,22,23). The molecule has 0 aliphatic carbocycles. The van der Waals surface area contributed by atoms with Gasteiger partial charge in [-0.05, 0) is 18.6 Å². The van der Waals surface area contributed by atoms with Crippen molar-refractivity contribution in [1.29, 1.82) is 0 Å². The van der Waals surface area contributed by atoms with Gasteiger partial charge in [0.25, 0.3) is 0 Å². The Balaban J connectivity index is 1.65. The molecule has 2 rings (SSSR count). The zero-order valence-electron chi connectivity index (χ0n) is 12.7. The smallest absolute Gasteiger partial charge is 0.315 e. The third-order valence-electron chi connectivity index (χ3n) is 3.08. The number of halogens is 2. The molecule has 7 heteroatoms. The molecule has 23 heavy (non-hydrogen) atoms. The van der Waals surface area contributed by atoms with Crippen LogP contribution in [0.15, 0.2) is 36.5 Å². The van der Waals surface area contributed by atoms with E-state index in [9.17, 15) is 4.79 Å². The molecule has 0 aliphatic heterocycles. The van der Waals surface area contributed by atoms with Crippen molar-refractivity contribution in [3.63, 3.8) is 0 Å². The highest BCUT2D eigenvalue weighted by atomic mass is 35.5. The predicted molar refractivity (Wildman–Crippen MR) is 94.2 cm³/mol. The van der Waals surface area contributed by atoms with Crippen LogP contribution in [-0.2, 0) is 6.54 Å². The molecule has 2 aromatic rings. The Morgan fingerprint density at radius 2 is 1.87 bits per heavy atom. The second-order valence-electron chi connectivity index (χ2n) is 5.01. The van der Waals surface area contributed by atoms with Crippen LogP contribution in [0.25, 0.3) is 0 Å². The summed E-state index contributed by atoms with van der Waals surface area (Å²) in [4.78, 5) is 15.8. The number of nitrogens with one attached hydrogen (secondary N) is 3. The maximum atomic E-state index is 11.7. The van der Waals surface area contributed by atoms with Crippen molar-refractivity contribution < 1.29 is 4.79 Å². The molecule has 1 aromatic heterocycles. The second kappa shape index (κ2) is 8.60. The van der Waals surface area contributed by atoms with Gasteiger partial charge in [-0.2, -0.15) is 0 Å². The van der Waals surface area contributed by atoms with Crippen molar-refractivity contribution in [2.75, 3.05) is 18.4 Å². The van der Waals surface area contributed by atoms with E-state index < -0.39 is 0 Å². The van der Waals surface area contributed by atoms with Gasteiger partial charge in [-0.15, -0.1) is 0 Å². The average molecular weight is 353 g/mol. The fourth-order valence-corrected chi connectivity index (χ4v) is 2.30. The van der Waals surface area contributed by atoms with E-state index in [0.29, 0.717) is 35.5 Å². The Kier molecular flexibility index (Phi) is 6.50. The van der Waals surface area contributed by atoms with Crippen LogP contribution in [0, 0.1) is 6.92 Å². The van der Waals surface area contributed by atoms with Crippen LogP contribution in [0.5, 0.6) is 0 Å². The molecule has 0 saturated carbocycles. The predicted octanol–water partition coefficient (Wildman–Crippen LogP) is 3.61. The SMILES string of the molecule is Cc1ccc(CNC(=O)NCCNc2ncc(Cl)cc2Cl)cc1. The van der Waals surface area contributed by atoms with Gasteiger partial charge in [0, 0.05) is 25.8 Å². The van der Waals surface area contributed by atoms with E-state index in [1.54, 1.807) is 6.07 Å². The first kappa shape index (κ1) is 17.4. The summed E-state index contributed by atoms with van der Waals surface area (Å²) < 4.78 is 0. The van der Waals surface area contributed by atoms with Gasteiger partial charge in [-0.3, -0.25) is 0 Å². The number of urea groups is 1. The number of rotatable bonds is 6. The molecule has 1 heterocycles. The molecule has 0 spiro atoms. The maximum Gasteiger partial charge on any atom is 0.315 e. The van der Waals surface area contributed by atoms with Crippen LogP contribution >= 0.6 is 23.2 Å². The van der Waals surface area contributed by atoms with Crippen molar-refractivity contribution in [2.45, 2.75) is 13.5 Å². The van der Waals surface area contributed by atoms with E-state index in [4.69, 9.17) is 23.2 Å². The molecule has 122 valence electrons. The largest absolute Gasteiger partial charge is 0.367 e. The van der Waals surface area contributed by atoms with Gasteiger partial charge < -0.3 is 16.0 Å². The molecule has 5 nitrogen and oxygen atoms in total. The summed E-state index contributed by atoms with van der Waals surface area (Å²) in [6.45, 7) is 3.47. The number of benzene rings is 1. The zero-order valence-corrected chi connectivity index (χ0v) is 14.2.